The van der Waals surface area contributed by atoms with Crippen molar-refractivity contribution in [3.05, 3.63) is 82.3 Å². The minimum Gasteiger partial charge on any atom is -0.490 e. The number of rotatable bonds is 9. The van der Waals surface area contributed by atoms with E-state index in [9.17, 15) is 9.50 Å². The number of benzene rings is 2. The standard InChI is InChI=1S/C32H39FN2O2/c1-22-28(21-35(2)31-18-7-11-23-10-3-6-14-25(23)31)32(37-24-12-4-5-13-24)20-30(34-22)27-15-8-17-29(33)26(27)16-9-19-36/h3,6,8,10,14-15,17,20,24,31,36H,4-5,7,9,11-13,16,18-19,21H2,1-2H3. The van der Waals surface area contributed by atoms with Gasteiger partial charge in [0.2, 0.25) is 0 Å². The molecule has 1 N–H and O–H groups in total. The number of aromatic nitrogens is 1. The lowest BCUT2D eigenvalue weighted by Gasteiger charge is -2.34. The average molecular weight is 503 g/mol. The van der Waals surface area contributed by atoms with Crippen LogP contribution in [0.15, 0.2) is 48.5 Å². The van der Waals surface area contributed by atoms with Gasteiger partial charge >= 0.3 is 0 Å². The first kappa shape index (κ1) is 25.9. The molecule has 0 spiro atoms. The number of halogens is 1. The Kier molecular flexibility index (Phi) is 8.21. The van der Waals surface area contributed by atoms with Gasteiger partial charge in [0.1, 0.15) is 11.6 Å². The van der Waals surface area contributed by atoms with Crippen LogP contribution in [0, 0.1) is 12.7 Å². The molecule has 0 bridgehead atoms. The third kappa shape index (κ3) is 5.73. The Morgan fingerprint density at radius 3 is 2.65 bits per heavy atom. The smallest absolute Gasteiger partial charge is 0.128 e. The number of aryl methyl sites for hydroxylation is 2. The van der Waals surface area contributed by atoms with Crippen LogP contribution < -0.4 is 4.74 Å². The molecule has 37 heavy (non-hydrogen) atoms. The number of aliphatic hydroxyl groups is 1. The summed E-state index contributed by atoms with van der Waals surface area (Å²) >= 11 is 0. The van der Waals surface area contributed by atoms with Gasteiger partial charge < -0.3 is 9.84 Å². The number of ether oxygens (including phenoxy) is 1. The van der Waals surface area contributed by atoms with Crippen molar-refractivity contribution < 1.29 is 14.2 Å². The molecule has 2 aromatic carbocycles. The lowest BCUT2D eigenvalue weighted by atomic mass is 9.87. The molecular weight excluding hydrogens is 463 g/mol. The van der Waals surface area contributed by atoms with Crippen molar-refractivity contribution in [2.75, 3.05) is 13.7 Å². The molecule has 1 atom stereocenters. The van der Waals surface area contributed by atoms with E-state index in [4.69, 9.17) is 9.72 Å². The molecule has 2 aliphatic rings. The highest BCUT2D eigenvalue weighted by molar-refractivity contribution is 5.66. The third-order valence-corrected chi connectivity index (χ3v) is 8.14. The second kappa shape index (κ2) is 11.7. The van der Waals surface area contributed by atoms with Gasteiger partial charge in [0.25, 0.3) is 0 Å². The topological polar surface area (TPSA) is 45.6 Å². The fourth-order valence-electron chi connectivity index (χ4n) is 6.15. The molecule has 196 valence electrons. The molecule has 2 aliphatic carbocycles. The van der Waals surface area contributed by atoms with Crippen molar-refractivity contribution in [3.8, 4) is 17.0 Å². The normalized spacial score (nSPS) is 17.8. The molecule has 1 fully saturated rings. The SMILES string of the molecule is Cc1nc(-c2cccc(F)c2CCCO)cc(OC2CCCC2)c1CN(C)C1CCCc2ccccc21. The van der Waals surface area contributed by atoms with Gasteiger partial charge in [-0.05, 0) is 94.5 Å². The summed E-state index contributed by atoms with van der Waals surface area (Å²) in [6.45, 7) is 2.84. The number of hydrogen-bond donors (Lipinski definition) is 1. The van der Waals surface area contributed by atoms with Gasteiger partial charge in [-0.25, -0.2) is 4.39 Å². The van der Waals surface area contributed by atoms with E-state index in [0.717, 1.165) is 60.5 Å². The molecule has 0 radical (unpaired) electrons. The van der Waals surface area contributed by atoms with Crippen molar-refractivity contribution in [1.82, 2.24) is 9.88 Å². The van der Waals surface area contributed by atoms with Gasteiger partial charge in [0, 0.05) is 42.1 Å². The molecule has 1 unspecified atom stereocenters. The Hall–Kier alpha value is -2.76. The number of aliphatic hydroxyl groups excluding tert-OH is 1. The lowest BCUT2D eigenvalue weighted by Crippen LogP contribution is -2.28. The van der Waals surface area contributed by atoms with Gasteiger partial charge in [-0.1, -0.05) is 36.4 Å². The first-order chi connectivity index (χ1) is 18.0. The summed E-state index contributed by atoms with van der Waals surface area (Å²) < 4.78 is 21.5. The number of nitrogens with zero attached hydrogens (tertiary/aromatic N) is 2. The van der Waals surface area contributed by atoms with Gasteiger partial charge in [0.05, 0.1) is 11.8 Å². The van der Waals surface area contributed by atoms with Gasteiger partial charge in [-0.3, -0.25) is 9.88 Å². The molecular formula is C32H39FN2O2. The van der Waals surface area contributed by atoms with Crippen molar-refractivity contribution in [2.24, 2.45) is 0 Å². The second-order valence-corrected chi connectivity index (χ2v) is 10.7. The van der Waals surface area contributed by atoms with Crippen LogP contribution in [0.1, 0.15) is 78.9 Å². The number of fused-ring (bicyclic) bond motifs is 1. The van der Waals surface area contributed by atoms with Crippen LogP contribution in [0.3, 0.4) is 0 Å². The Balaban J connectivity index is 1.50. The Bertz CT molecular complexity index is 1220. The molecule has 3 aromatic rings. The highest BCUT2D eigenvalue weighted by Gasteiger charge is 2.27. The Labute approximate surface area is 220 Å². The molecule has 0 amide bonds. The van der Waals surface area contributed by atoms with Crippen molar-refractivity contribution in [3.63, 3.8) is 0 Å². The van der Waals surface area contributed by atoms with Crippen LogP contribution in [0.5, 0.6) is 5.75 Å². The van der Waals surface area contributed by atoms with Crippen LogP contribution >= 0.6 is 0 Å². The molecule has 1 heterocycles. The predicted octanol–water partition coefficient (Wildman–Crippen LogP) is 6.95. The van der Waals surface area contributed by atoms with E-state index in [1.54, 1.807) is 6.07 Å². The first-order valence-corrected chi connectivity index (χ1v) is 13.9. The van der Waals surface area contributed by atoms with E-state index in [2.05, 4.69) is 43.1 Å². The maximum atomic E-state index is 14.8. The molecule has 4 nitrogen and oxygen atoms in total. The zero-order valence-electron chi connectivity index (χ0n) is 22.2. The summed E-state index contributed by atoms with van der Waals surface area (Å²) in [5.74, 6) is 0.631. The van der Waals surface area contributed by atoms with Crippen molar-refractivity contribution >= 4 is 0 Å². The Morgan fingerprint density at radius 1 is 1.03 bits per heavy atom. The van der Waals surface area contributed by atoms with E-state index in [1.807, 2.05) is 12.1 Å². The molecule has 0 saturated heterocycles. The van der Waals surface area contributed by atoms with E-state index in [1.165, 1.54) is 36.5 Å². The van der Waals surface area contributed by atoms with Crippen molar-refractivity contribution in [2.45, 2.75) is 83.4 Å². The summed E-state index contributed by atoms with van der Waals surface area (Å²) in [5.41, 5.74) is 7.08. The summed E-state index contributed by atoms with van der Waals surface area (Å²) in [6.07, 6.45) is 9.25. The lowest BCUT2D eigenvalue weighted by molar-refractivity contribution is 0.189. The van der Waals surface area contributed by atoms with Crippen LogP contribution in [0.4, 0.5) is 4.39 Å². The highest BCUT2D eigenvalue weighted by Crippen LogP contribution is 2.38. The minimum atomic E-state index is -0.247. The van der Waals surface area contributed by atoms with Crippen LogP contribution in [-0.2, 0) is 19.4 Å². The highest BCUT2D eigenvalue weighted by atomic mass is 19.1. The molecule has 1 aromatic heterocycles. The number of pyridine rings is 1. The summed E-state index contributed by atoms with van der Waals surface area (Å²) in [4.78, 5) is 7.44. The zero-order valence-corrected chi connectivity index (χ0v) is 22.2. The molecule has 1 saturated carbocycles. The summed E-state index contributed by atoms with van der Waals surface area (Å²) in [7, 11) is 2.21. The van der Waals surface area contributed by atoms with E-state index >= 15 is 0 Å². The van der Waals surface area contributed by atoms with Crippen LogP contribution in [-0.4, -0.2) is 34.7 Å². The van der Waals surface area contributed by atoms with E-state index < -0.39 is 0 Å². The third-order valence-electron chi connectivity index (χ3n) is 8.14. The average Bonchev–Trinajstić information content (AvgIpc) is 3.42. The maximum Gasteiger partial charge on any atom is 0.128 e. The van der Waals surface area contributed by atoms with Gasteiger partial charge in [-0.15, -0.1) is 0 Å². The predicted molar refractivity (Wildman–Crippen MR) is 146 cm³/mol. The molecule has 5 heteroatoms. The van der Waals surface area contributed by atoms with E-state index in [-0.39, 0.29) is 18.5 Å². The fourth-order valence-corrected chi connectivity index (χ4v) is 6.15. The quantitative estimate of drug-likeness (QED) is 0.344. The maximum absolute atomic E-state index is 14.8. The van der Waals surface area contributed by atoms with Gasteiger partial charge in [-0.2, -0.15) is 0 Å². The Morgan fingerprint density at radius 2 is 1.84 bits per heavy atom. The largest absolute Gasteiger partial charge is 0.490 e. The summed E-state index contributed by atoms with van der Waals surface area (Å²) in [5, 5.41) is 9.35. The summed E-state index contributed by atoms with van der Waals surface area (Å²) in [6, 6.07) is 16.4. The monoisotopic (exact) mass is 502 g/mol. The molecule has 5 rings (SSSR count). The first-order valence-electron chi connectivity index (χ1n) is 13.9. The van der Waals surface area contributed by atoms with Gasteiger partial charge in [0.15, 0.2) is 0 Å². The fraction of sp³-hybridized carbons (Fsp3) is 0.469. The van der Waals surface area contributed by atoms with Crippen LogP contribution in [0.25, 0.3) is 11.3 Å². The van der Waals surface area contributed by atoms with E-state index in [0.29, 0.717) is 24.4 Å². The van der Waals surface area contributed by atoms with Crippen molar-refractivity contribution in [1.29, 1.82) is 0 Å². The number of hydrogen-bond acceptors (Lipinski definition) is 4. The second-order valence-electron chi connectivity index (χ2n) is 10.7. The molecule has 0 aliphatic heterocycles. The van der Waals surface area contributed by atoms with Crippen LogP contribution in [0.2, 0.25) is 0 Å². The minimum absolute atomic E-state index is 0.0336. The zero-order chi connectivity index (χ0) is 25.8.